The lowest BCUT2D eigenvalue weighted by Crippen LogP contribution is -2.26. The van der Waals surface area contributed by atoms with E-state index in [0.717, 1.165) is 5.56 Å². The molecule has 1 aliphatic heterocycles. The van der Waals surface area contributed by atoms with Crippen molar-refractivity contribution in [2.24, 2.45) is 0 Å². The fraction of sp³-hybridized carbons (Fsp3) is 0.222. The van der Waals surface area contributed by atoms with Gasteiger partial charge < -0.3 is 10.4 Å². The van der Waals surface area contributed by atoms with Gasteiger partial charge >= 0.3 is 5.97 Å². The maximum atomic E-state index is 12.7. The Kier molecular flexibility index (Phi) is 1.69. The Morgan fingerprint density at radius 2 is 2.38 bits per heavy atom. The van der Waals surface area contributed by atoms with Crippen molar-refractivity contribution in [1.29, 1.82) is 0 Å². The van der Waals surface area contributed by atoms with Crippen LogP contribution in [0.5, 0.6) is 0 Å². The van der Waals surface area contributed by atoms with Gasteiger partial charge in [-0.1, -0.05) is 6.07 Å². The molecule has 68 valence electrons. The summed E-state index contributed by atoms with van der Waals surface area (Å²) in [4.78, 5) is 10.6. The summed E-state index contributed by atoms with van der Waals surface area (Å²) >= 11 is 0. The number of rotatable bonds is 1. The molecule has 1 aliphatic rings. The molecule has 4 heteroatoms. The molecule has 0 radical (unpaired) electrons. The van der Waals surface area contributed by atoms with Gasteiger partial charge in [0.05, 0.1) is 0 Å². The molecule has 0 bridgehead atoms. The van der Waals surface area contributed by atoms with Crippen molar-refractivity contribution in [3.8, 4) is 0 Å². The van der Waals surface area contributed by atoms with Gasteiger partial charge in [-0.15, -0.1) is 0 Å². The third-order valence-electron chi connectivity index (χ3n) is 2.12. The second-order valence-electron chi connectivity index (χ2n) is 3.04. The van der Waals surface area contributed by atoms with E-state index in [1.807, 2.05) is 0 Å². The van der Waals surface area contributed by atoms with Crippen LogP contribution in [0.15, 0.2) is 18.2 Å². The number of carbonyl (C=O) groups is 1. The standard InChI is InChI=1S/C9H8FNO2/c10-6-2-1-5-3-8(9(12)13)11-7(5)4-6/h1-2,4,8,11H,3H2,(H,12,13)/t8-/m0/s1. The number of halogens is 1. The SMILES string of the molecule is O=C(O)[C@@H]1Cc2ccc(F)cc2N1. The lowest BCUT2D eigenvalue weighted by Gasteiger charge is -2.03. The number of anilines is 1. The zero-order valence-electron chi connectivity index (χ0n) is 6.75. The highest BCUT2D eigenvalue weighted by Crippen LogP contribution is 2.26. The van der Waals surface area contributed by atoms with Crippen molar-refractivity contribution in [2.45, 2.75) is 12.5 Å². The maximum absolute atomic E-state index is 12.7. The first-order valence-electron chi connectivity index (χ1n) is 3.94. The topological polar surface area (TPSA) is 49.3 Å². The van der Waals surface area contributed by atoms with Gasteiger partial charge in [0.15, 0.2) is 0 Å². The van der Waals surface area contributed by atoms with Gasteiger partial charge in [-0.2, -0.15) is 0 Å². The number of carboxylic acid groups (broad SMARTS) is 1. The summed E-state index contributed by atoms with van der Waals surface area (Å²) in [5, 5.41) is 11.4. The van der Waals surface area contributed by atoms with Crippen molar-refractivity contribution in [3.05, 3.63) is 29.6 Å². The monoisotopic (exact) mass is 181 g/mol. The number of fused-ring (bicyclic) bond motifs is 1. The van der Waals surface area contributed by atoms with Gasteiger partial charge in [0.25, 0.3) is 0 Å². The van der Waals surface area contributed by atoms with Gasteiger partial charge in [-0.3, -0.25) is 0 Å². The van der Waals surface area contributed by atoms with Crippen LogP contribution in [0.25, 0.3) is 0 Å². The molecule has 1 atom stereocenters. The molecule has 3 nitrogen and oxygen atoms in total. The highest BCUT2D eigenvalue weighted by Gasteiger charge is 2.26. The minimum atomic E-state index is -0.906. The summed E-state index contributed by atoms with van der Waals surface area (Å²) in [6.07, 6.45) is 0.422. The third kappa shape index (κ3) is 1.35. The average molecular weight is 181 g/mol. The Balaban J connectivity index is 2.30. The van der Waals surface area contributed by atoms with Crippen LogP contribution in [-0.4, -0.2) is 17.1 Å². The van der Waals surface area contributed by atoms with Crippen LogP contribution in [0.2, 0.25) is 0 Å². The van der Waals surface area contributed by atoms with Crippen LogP contribution in [0, 0.1) is 5.82 Å². The zero-order chi connectivity index (χ0) is 9.42. The highest BCUT2D eigenvalue weighted by atomic mass is 19.1. The van der Waals surface area contributed by atoms with Crippen molar-refractivity contribution in [2.75, 3.05) is 5.32 Å². The van der Waals surface area contributed by atoms with Crippen molar-refractivity contribution < 1.29 is 14.3 Å². The number of hydrogen-bond acceptors (Lipinski definition) is 2. The first-order valence-corrected chi connectivity index (χ1v) is 3.94. The zero-order valence-corrected chi connectivity index (χ0v) is 6.75. The van der Waals surface area contributed by atoms with Gasteiger partial charge in [0.1, 0.15) is 11.9 Å². The molecule has 1 aromatic carbocycles. The number of aliphatic carboxylic acids is 1. The van der Waals surface area contributed by atoms with Crippen molar-refractivity contribution >= 4 is 11.7 Å². The minimum Gasteiger partial charge on any atom is -0.480 e. The van der Waals surface area contributed by atoms with E-state index < -0.39 is 12.0 Å². The van der Waals surface area contributed by atoms with E-state index in [4.69, 9.17) is 5.11 Å². The van der Waals surface area contributed by atoms with Crippen LogP contribution in [0.3, 0.4) is 0 Å². The second kappa shape index (κ2) is 2.73. The highest BCUT2D eigenvalue weighted by molar-refractivity contribution is 5.81. The molecule has 0 saturated heterocycles. The number of benzene rings is 1. The summed E-state index contributed by atoms with van der Waals surface area (Å²) in [7, 11) is 0. The van der Waals surface area contributed by atoms with Crippen LogP contribution in [0.1, 0.15) is 5.56 Å². The first kappa shape index (κ1) is 8.04. The molecule has 1 heterocycles. The second-order valence-corrected chi connectivity index (χ2v) is 3.04. The molecule has 0 fully saturated rings. The number of hydrogen-bond donors (Lipinski definition) is 2. The van der Waals surface area contributed by atoms with E-state index in [0.29, 0.717) is 12.1 Å². The molecular weight excluding hydrogens is 173 g/mol. The Bertz CT molecular complexity index is 365. The molecule has 13 heavy (non-hydrogen) atoms. The van der Waals surface area contributed by atoms with Crippen molar-refractivity contribution in [3.63, 3.8) is 0 Å². The van der Waals surface area contributed by atoms with E-state index in [-0.39, 0.29) is 5.82 Å². The summed E-state index contributed by atoms with van der Waals surface area (Å²) in [6, 6.07) is 3.65. The molecule has 0 spiro atoms. The summed E-state index contributed by atoms with van der Waals surface area (Å²) < 4.78 is 12.7. The predicted molar refractivity (Wildman–Crippen MR) is 45.2 cm³/mol. The quantitative estimate of drug-likeness (QED) is 0.685. The van der Waals surface area contributed by atoms with E-state index in [1.54, 1.807) is 6.07 Å². The Labute approximate surface area is 74.2 Å². The lowest BCUT2D eigenvalue weighted by atomic mass is 10.1. The summed E-state index contributed by atoms with van der Waals surface area (Å²) in [5.74, 6) is -1.26. The van der Waals surface area contributed by atoms with E-state index in [9.17, 15) is 9.18 Å². The molecule has 0 unspecified atom stereocenters. The molecule has 2 rings (SSSR count). The minimum absolute atomic E-state index is 0.350. The van der Waals surface area contributed by atoms with Crippen LogP contribution < -0.4 is 5.32 Å². The van der Waals surface area contributed by atoms with Crippen LogP contribution in [-0.2, 0) is 11.2 Å². The van der Waals surface area contributed by atoms with Crippen molar-refractivity contribution in [1.82, 2.24) is 0 Å². The molecule has 0 aliphatic carbocycles. The molecule has 2 N–H and O–H groups in total. The fourth-order valence-corrected chi connectivity index (χ4v) is 1.47. The van der Waals surface area contributed by atoms with Gasteiger partial charge in [-0.05, 0) is 17.7 Å². The van der Waals surface area contributed by atoms with E-state index in [1.165, 1.54) is 12.1 Å². The smallest absolute Gasteiger partial charge is 0.326 e. The van der Waals surface area contributed by atoms with Crippen LogP contribution >= 0.6 is 0 Å². The van der Waals surface area contributed by atoms with E-state index >= 15 is 0 Å². The number of nitrogens with one attached hydrogen (secondary N) is 1. The molecule has 0 saturated carbocycles. The Morgan fingerprint density at radius 1 is 1.62 bits per heavy atom. The molecule has 0 aromatic heterocycles. The predicted octanol–water partition coefficient (Wildman–Crippen LogP) is 1.25. The van der Waals surface area contributed by atoms with Gasteiger partial charge in [0.2, 0.25) is 0 Å². The Morgan fingerprint density at radius 3 is 3.08 bits per heavy atom. The molecular formula is C9H8FNO2. The summed E-state index contributed by atoms with van der Waals surface area (Å²) in [5.41, 5.74) is 1.45. The average Bonchev–Trinajstić information content (AvgIpc) is 2.46. The van der Waals surface area contributed by atoms with E-state index in [2.05, 4.69) is 5.32 Å². The maximum Gasteiger partial charge on any atom is 0.326 e. The van der Waals surface area contributed by atoms with Gasteiger partial charge in [0, 0.05) is 12.1 Å². The largest absolute Gasteiger partial charge is 0.480 e. The molecule has 1 aromatic rings. The van der Waals surface area contributed by atoms with Crippen LogP contribution in [0.4, 0.5) is 10.1 Å². The normalized spacial score (nSPS) is 19.3. The Hall–Kier alpha value is -1.58. The number of carboxylic acids is 1. The first-order chi connectivity index (χ1) is 6.16. The summed E-state index contributed by atoms with van der Waals surface area (Å²) in [6.45, 7) is 0. The van der Waals surface area contributed by atoms with Gasteiger partial charge in [-0.25, -0.2) is 9.18 Å². The third-order valence-corrected chi connectivity index (χ3v) is 2.12. The lowest BCUT2D eigenvalue weighted by molar-refractivity contribution is -0.137. The molecule has 0 amide bonds. The fourth-order valence-electron chi connectivity index (χ4n) is 1.47.